The van der Waals surface area contributed by atoms with Crippen molar-refractivity contribution in [2.75, 3.05) is 0 Å². The number of nitrogens with one attached hydrogen (secondary N) is 1. The van der Waals surface area contributed by atoms with Gasteiger partial charge in [-0.25, -0.2) is 4.39 Å². The number of aromatic nitrogens is 2. The lowest BCUT2D eigenvalue weighted by atomic mass is 10.2. The smallest absolute Gasteiger partial charge is 0.227 e. The van der Waals surface area contributed by atoms with Crippen LogP contribution < -0.4 is 5.32 Å². The normalized spacial score (nSPS) is 10.8. The third kappa shape index (κ3) is 4.48. The Morgan fingerprint density at radius 3 is 3.00 bits per heavy atom. The molecule has 1 amide bonds. The Kier molecular flexibility index (Phi) is 5.37. The fourth-order valence-electron chi connectivity index (χ4n) is 2.08. The third-order valence-electron chi connectivity index (χ3n) is 3.19. The number of carbonyl (C=O) groups is 1. The molecule has 0 atom stereocenters. The van der Waals surface area contributed by atoms with Crippen LogP contribution in [-0.2, 0) is 17.8 Å². The number of carbonyl (C=O) groups excluding carboxylic acids is 1. The Morgan fingerprint density at radius 1 is 1.38 bits per heavy atom. The molecule has 0 aliphatic carbocycles. The van der Waals surface area contributed by atoms with Crippen molar-refractivity contribution in [1.82, 2.24) is 15.5 Å². The summed E-state index contributed by atoms with van der Waals surface area (Å²) in [5.74, 6) is 0.443. The maximum Gasteiger partial charge on any atom is 0.227 e. The third-order valence-corrected chi connectivity index (χ3v) is 4.51. The first-order valence-corrected chi connectivity index (χ1v) is 8.85. The Morgan fingerprint density at radius 2 is 2.25 bits per heavy atom. The summed E-state index contributed by atoms with van der Waals surface area (Å²) in [5.41, 5.74) is 0.688. The van der Waals surface area contributed by atoms with Crippen LogP contribution in [-0.4, -0.2) is 16.0 Å². The average molecular weight is 410 g/mol. The summed E-state index contributed by atoms with van der Waals surface area (Å²) in [5, 5.41) is 8.57. The Hall–Kier alpha value is -2.06. The summed E-state index contributed by atoms with van der Waals surface area (Å²) < 4.78 is 19.1. The highest BCUT2D eigenvalue weighted by Crippen LogP contribution is 2.21. The maximum atomic E-state index is 13.3. The minimum atomic E-state index is -0.347. The highest BCUT2D eigenvalue weighted by molar-refractivity contribution is 9.10. The van der Waals surface area contributed by atoms with E-state index in [4.69, 9.17) is 4.52 Å². The topological polar surface area (TPSA) is 68.0 Å². The van der Waals surface area contributed by atoms with Gasteiger partial charge in [0.25, 0.3) is 0 Å². The predicted molar refractivity (Wildman–Crippen MR) is 91.9 cm³/mol. The molecule has 0 aliphatic rings. The van der Waals surface area contributed by atoms with E-state index in [0.717, 1.165) is 4.88 Å². The highest BCUT2D eigenvalue weighted by Gasteiger charge is 2.11. The number of benzene rings is 1. The first kappa shape index (κ1) is 16.8. The van der Waals surface area contributed by atoms with Crippen LogP contribution in [0.1, 0.15) is 17.9 Å². The van der Waals surface area contributed by atoms with E-state index in [2.05, 4.69) is 31.4 Å². The second kappa shape index (κ2) is 7.67. The van der Waals surface area contributed by atoms with Crippen LogP contribution in [0.25, 0.3) is 10.7 Å². The van der Waals surface area contributed by atoms with Gasteiger partial charge in [0.15, 0.2) is 0 Å². The number of nitrogens with zero attached hydrogens (tertiary/aromatic N) is 2. The molecule has 0 saturated carbocycles. The van der Waals surface area contributed by atoms with Crippen molar-refractivity contribution in [3.63, 3.8) is 0 Å². The van der Waals surface area contributed by atoms with Crippen molar-refractivity contribution in [3.8, 4) is 10.7 Å². The number of hydrogen-bond donors (Lipinski definition) is 1. The first-order chi connectivity index (χ1) is 11.6. The van der Waals surface area contributed by atoms with Crippen molar-refractivity contribution in [2.24, 2.45) is 0 Å². The molecule has 0 aliphatic heterocycles. The van der Waals surface area contributed by atoms with Gasteiger partial charge in [-0.1, -0.05) is 27.2 Å². The zero-order valence-corrected chi connectivity index (χ0v) is 14.9. The quantitative estimate of drug-likeness (QED) is 0.668. The van der Waals surface area contributed by atoms with Crippen molar-refractivity contribution in [2.45, 2.75) is 19.4 Å². The summed E-state index contributed by atoms with van der Waals surface area (Å²) in [6.45, 7) is 0.263. The lowest BCUT2D eigenvalue weighted by Crippen LogP contribution is -2.23. The van der Waals surface area contributed by atoms with Crippen molar-refractivity contribution in [1.29, 1.82) is 0 Å². The lowest BCUT2D eigenvalue weighted by Gasteiger charge is -2.05. The van der Waals surface area contributed by atoms with Crippen LogP contribution in [0, 0.1) is 5.82 Å². The van der Waals surface area contributed by atoms with Crippen LogP contribution in [0.4, 0.5) is 4.39 Å². The molecule has 2 aromatic heterocycles. The number of hydrogen-bond acceptors (Lipinski definition) is 5. The van der Waals surface area contributed by atoms with E-state index in [-0.39, 0.29) is 24.7 Å². The molecule has 0 spiro atoms. The molecule has 0 saturated heterocycles. The second-order valence-electron chi connectivity index (χ2n) is 5.04. The molecule has 0 radical (unpaired) electrons. The highest BCUT2D eigenvalue weighted by atomic mass is 79.9. The second-order valence-corrected chi connectivity index (χ2v) is 6.91. The molecular formula is C16H13BrFN3O2S. The molecule has 1 aromatic carbocycles. The van der Waals surface area contributed by atoms with Gasteiger partial charge in [-0.15, -0.1) is 11.3 Å². The SMILES string of the molecule is O=C(CCc1nc(-c2cccs2)no1)NCc1cc(F)cc(Br)c1. The molecule has 0 unspecified atom stereocenters. The Balaban J connectivity index is 1.49. The minimum absolute atomic E-state index is 0.161. The van der Waals surface area contributed by atoms with Crippen LogP contribution in [0.15, 0.2) is 44.7 Å². The zero-order valence-electron chi connectivity index (χ0n) is 12.5. The van der Waals surface area contributed by atoms with E-state index in [9.17, 15) is 9.18 Å². The van der Waals surface area contributed by atoms with E-state index < -0.39 is 0 Å². The fourth-order valence-corrected chi connectivity index (χ4v) is 3.25. The number of amides is 1. The summed E-state index contributed by atoms with van der Waals surface area (Å²) in [6.07, 6.45) is 0.583. The predicted octanol–water partition coefficient (Wildman–Crippen LogP) is 3.95. The van der Waals surface area contributed by atoms with Gasteiger partial charge in [-0.3, -0.25) is 4.79 Å². The monoisotopic (exact) mass is 409 g/mol. The minimum Gasteiger partial charge on any atom is -0.352 e. The number of rotatable bonds is 6. The van der Waals surface area contributed by atoms with Crippen LogP contribution in [0.5, 0.6) is 0 Å². The zero-order chi connectivity index (χ0) is 16.9. The van der Waals surface area contributed by atoms with Crippen molar-refractivity contribution >= 4 is 33.2 Å². The lowest BCUT2D eigenvalue weighted by molar-refractivity contribution is -0.121. The van der Waals surface area contributed by atoms with E-state index in [1.807, 2.05) is 17.5 Å². The van der Waals surface area contributed by atoms with Gasteiger partial charge >= 0.3 is 0 Å². The number of halogens is 2. The number of thiophene rings is 1. The van der Waals surface area contributed by atoms with Gasteiger partial charge < -0.3 is 9.84 Å². The summed E-state index contributed by atoms with van der Waals surface area (Å²) >= 11 is 4.74. The molecular weight excluding hydrogens is 397 g/mol. The molecule has 3 rings (SSSR count). The molecule has 2 heterocycles. The van der Waals surface area contributed by atoms with E-state index in [1.165, 1.54) is 23.5 Å². The van der Waals surface area contributed by atoms with Crippen molar-refractivity contribution < 1.29 is 13.7 Å². The van der Waals surface area contributed by atoms with E-state index in [1.54, 1.807) is 6.07 Å². The number of aryl methyl sites for hydroxylation is 1. The first-order valence-electron chi connectivity index (χ1n) is 7.18. The van der Waals surface area contributed by atoms with Crippen LogP contribution in [0.2, 0.25) is 0 Å². The molecule has 0 bridgehead atoms. The fraction of sp³-hybridized carbons (Fsp3) is 0.188. The molecule has 5 nitrogen and oxygen atoms in total. The standard InChI is InChI=1S/C16H13BrFN3O2S/c17-11-6-10(7-12(18)8-11)9-19-14(22)3-4-15-20-16(21-23-15)13-2-1-5-24-13/h1-2,5-8H,3-4,9H2,(H,19,22). The molecule has 24 heavy (non-hydrogen) atoms. The Bertz CT molecular complexity index is 815. The van der Waals surface area contributed by atoms with Crippen LogP contribution in [0.3, 0.4) is 0 Å². The molecule has 124 valence electrons. The average Bonchev–Trinajstić information content (AvgIpc) is 3.20. The molecule has 8 heteroatoms. The van der Waals surface area contributed by atoms with E-state index in [0.29, 0.717) is 28.2 Å². The summed E-state index contributed by atoms with van der Waals surface area (Å²) in [4.78, 5) is 17.1. The van der Waals surface area contributed by atoms with E-state index >= 15 is 0 Å². The molecule has 1 N–H and O–H groups in total. The van der Waals surface area contributed by atoms with Gasteiger partial charge in [0, 0.05) is 23.9 Å². The largest absolute Gasteiger partial charge is 0.352 e. The van der Waals surface area contributed by atoms with Gasteiger partial charge in [0.1, 0.15) is 5.82 Å². The Labute approximate surface area is 150 Å². The van der Waals surface area contributed by atoms with Gasteiger partial charge in [0.2, 0.25) is 17.6 Å². The van der Waals surface area contributed by atoms with Gasteiger partial charge in [0.05, 0.1) is 4.88 Å². The van der Waals surface area contributed by atoms with Gasteiger partial charge in [-0.2, -0.15) is 4.98 Å². The summed E-state index contributed by atoms with van der Waals surface area (Å²) in [6, 6.07) is 8.33. The van der Waals surface area contributed by atoms with Gasteiger partial charge in [-0.05, 0) is 35.2 Å². The van der Waals surface area contributed by atoms with Crippen LogP contribution >= 0.6 is 27.3 Å². The maximum absolute atomic E-state index is 13.3. The molecule has 3 aromatic rings. The summed E-state index contributed by atoms with van der Waals surface area (Å²) in [7, 11) is 0. The molecule has 0 fully saturated rings. The van der Waals surface area contributed by atoms with Crippen molar-refractivity contribution in [3.05, 3.63) is 57.5 Å².